The molecule has 1 rings (SSSR count). The molecular formula is C11H13F3O3S. The Morgan fingerprint density at radius 2 is 1.72 bits per heavy atom. The normalized spacial score (nSPS) is 16.3. The predicted molar refractivity (Wildman–Crippen MR) is 60.7 cm³/mol. The van der Waals surface area contributed by atoms with Gasteiger partial charge in [-0.25, -0.2) is 8.42 Å². The van der Waals surface area contributed by atoms with E-state index in [1.807, 2.05) is 0 Å². The molecule has 0 saturated carbocycles. The summed E-state index contributed by atoms with van der Waals surface area (Å²) in [5.74, 6) is -0.638. The molecule has 1 aromatic carbocycles. The first-order chi connectivity index (χ1) is 7.92. The Labute approximate surface area is 103 Å². The number of alkyl halides is 3. The predicted octanol–water partition coefficient (Wildman–Crippen LogP) is 1.96. The topological polar surface area (TPSA) is 54.4 Å². The molecule has 0 fully saturated rings. The van der Waals surface area contributed by atoms with Crippen LogP contribution in [0.1, 0.15) is 18.1 Å². The smallest absolute Gasteiger partial charge is 0.384 e. The minimum Gasteiger partial charge on any atom is -0.384 e. The molecule has 0 radical (unpaired) electrons. The van der Waals surface area contributed by atoms with Gasteiger partial charge in [-0.2, -0.15) is 13.2 Å². The number of aliphatic hydroxyl groups is 1. The van der Waals surface area contributed by atoms with Gasteiger partial charge in [0.2, 0.25) is 0 Å². The summed E-state index contributed by atoms with van der Waals surface area (Å²) in [5.41, 5.74) is -2.86. The number of hydrogen-bond acceptors (Lipinski definition) is 3. The van der Waals surface area contributed by atoms with Gasteiger partial charge >= 0.3 is 6.18 Å². The molecule has 18 heavy (non-hydrogen) atoms. The van der Waals surface area contributed by atoms with Gasteiger partial charge < -0.3 is 5.11 Å². The van der Waals surface area contributed by atoms with Crippen molar-refractivity contribution in [3.05, 3.63) is 35.4 Å². The Morgan fingerprint density at radius 1 is 1.22 bits per heavy atom. The Balaban J connectivity index is 3.18. The third-order valence-corrected chi connectivity index (χ3v) is 3.44. The third-order valence-electron chi connectivity index (χ3n) is 2.36. The molecule has 0 aliphatic rings. The van der Waals surface area contributed by atoms with Gasteiger partial charge in [0.15, 0.2) is 9.84 Å². The Morgan fingerprint density at radius 3 is 2.17 bits per heavy atom. The van der Waals surface area contributed by atoms with Crippen molar-refractivity contribution < 1.29 is 26.7 Å². The number of sulfone groups is 1. The van der Waals surface area contributed by atoms with E-state index in [-0.39, 0.29) is 5.56 Å². The van der Waals surface area contributed by atoms with E-state index < -0.39 is 32.9 Å². The molecule has 0 heterocycles. The molecule has 0 aliphatic heterocycles. The van der Waals surface area contributed by atoms with E-state index in [9.17, 15) is 26.7 Å². The lowest BCUT2D eigenvalue weighted by atomic mass is 9.96. The van der Waals surface area contributed by atoms with E-state index in [4.69, 9.17) is 0 Å². The summed E-state index contributed by atoms with van der Waals surface area (Å²) in [6.07, 6.45) is -3.62. The third kappa shape index (κ3) is 3.99. The highest BCUT2D eigenvalue weighted by molar-refractivity contribution is 7.90. The van der Waals surface area contributed by atoms with Gasteiger partial charge in [0, 0.05) is 6.26 Å². The first-order valence-electron chi connectivity index (χ1n) is 5.00. The van der Waals surface area contributed by atoms with Gasteiger partial charge in [-0.15, -0.1) is 0 Å². The van der Waals surface area contributed by atoms with Crippen molar-refractivity contribution in [3.8, 4) is 0 Å². The van der Waals surface area contributed by atoms with Gasteiger partial charge in [-0.1, -0.05) is 12.1 Å². The second kappa shape index (κ2) is 4.55. The maximum atomic E-state index is 12.5. The fraction of sp³-hybridized carbons (Fsp3) is 0.455. The standard InChI is InChI=1S/C11H13F3O3S/c1-10(15,7-18(2,16)17)8-4-3-5-9(6-8)11(12,13)14/h3-6,15H,7H2,1-2H3. The van der Waals surface area contributed by atoms with Crippen molar-refractivity contribution >= 4 is 9.84 Å². The van der Waals surface area contributed by atoms with E-state index in [1.54, 1.807) is 0 Å². The monoisotopic (exact) mass is 282 g/mol. The minimum atomic E-state index is -4.53. The molecular weight excluding hydrogens is 269 g/mol. The van der Waals surface area contributed by atoms with E-state index in [0.717, 1.165) is 24.5 Å². The average molecular weight is 282 g/mol. The lowest BCUT2D eigenvalue weighted by Crippen LogP contribution is -2.31. The average Bonchev–Trinajstić information content (AvgIpc) is 2.13. The number of rotatable bonds is 3. The van der Waals surface area contributed by atoms with Crippen LogP contribution in [0.15, 0.2) is 24.3 Å². The van der Waals surface area contributed by atoms with E-state index in [1.165, 1.54) is 13.0 Å². The highest BCUT2D eigenvalue weighted by atomic mass is 32.2. The van der Waals surface area contributed by atoms with Crippen LogP contribution in [0, 0.1) is 0 Å². The Hall–Kier alpha value is -1.08. The van der Waals surface area contributed by atoms with Crippen LogP contribution in [0.3, 0.4) is 0 Å². The summed E-state index contributed by atoms with van der Waals surface area (Å²) < 4.78 is 59.7. The largest absolute Gasteiger partial charge is 0.416 e. The molecule has 0 aliphatic carbocycles. The summed E-state index contributed by atoms with van der Waals surface area (Å²) >= 11 is 0. The van der Waals surface area contributed by atoms with E-state index in [2.05, 4.69) is 0 Å². The van der Waals surface area contributed by atoms with Crippen LogP contribution in [0.25, 0.3) is 0 Å². The molecule has 1 unspecified atom stereocenters. The summed E-state index contributed by atoms with van der Waals surface area (Å²) in [5, 5.41) is 9.97. The van der Waals surface area contributed by atoms with Crippen molar-refractivity contribution in [1.82, 2.24) is 0 Å². The zero-order valence-electron chi connectivity index (χ0n) is 9.82. The van der Waals surface area contributed by atoms with Crippen LogP contribution in [0.4, 0.5) is 13.2 Å². The molecule has 102 valence electrons. The van der Waals surface area contributed by atoms with Crippen molar-refractivity contribution in [1.29, 1.82) is 0 Å². The van der Waals surface area contributed by atoms with Gasteiger partial charge in [0.1, 0.15) is 5.60 Å². The summed E-state index contributed by atoms with van der Waals surface area (Å²) in [4.78, 5) is 0. The highest BCUT2D eigenvalue weighted by Crippen LogP contribution is 2.32. The number of hydrogen-bond donors (Lipinski definition) is 1. The molecule has 1 aromatic rings. The molecule has 0 aromatic heterocycles. The van der Waals surface area contributed by atoms with Gasteiger partial charge in [-0.3, -0.25) is 0 Å². The van der Waals surface area contributed by atoms with Crippen LogP contribution in [0.5, 0.6) is 0 Å². The van der Waals surface area contributed by atoms with Gasteiger partial charge in [-0.05, 0) is 24.6 Å². The zero-order valence-corrected chi connectivity index (χ0v) is 10.6. The first-order valence-corrected chi connectivity index (χ1v) is 7.06. The molecule has 0 amide bonds. The van der Waals surface area contributed by atoms with Crippen LogP contribution in [-0.2, 0) is 21.6 Å². The number of halogens is 3. The maximum absolute atomic E-state index is 12.5. The molecule has 0 saturated heterocycles. The quantitative estimate of drug-likeness (QED) is 0.922. The van der Waals surface area contributed by atoms with E-state index >= 15 is 0 Å². The van der Waals surface area contributed by atoms with Crippen LogP contribution < -0.4 is 0 Å². The van der Waals surface area contributed by atoms with Crippen molar-refractivity contribution in [2.75, 3.05) is 12.0 Å². The molecule has 3 nitrogen and oxygen atoms in total. The minimum absolute atomic E-state index is 0.0808. The molecule has 1 atom stereocenters. The SMILES string of the molecule is CC(O)(CS(C)(=O)=O)c1cccc(C(F)(F)F)c1. The second-order valence-electron chi connectivity index (χ2n) is 4.42. The fourth-order valence-corrected chi connectivity index (χ4v) is 2.81. The van der Waals surface area contributed by atoms with E-state index in [0.29, 0.717) is 0 Å². The molecule has 0 bridgehead atoms. The van der Waals surface area contributed by atoms with Crippen molar-refractivity contribution in [2.24, 2.45) is 0 Å². The Kier molecular flexibility index (Phi) is 3.78. The summed E-state index contributed by atoms with van der Waals surface area (Å²) in [7, 11) is -3.51. The van der Waals surface area contributed by atoms with Crippen LogP contribution in [0.2, 0.25) is 0 Å². The van der Waals surface area contributed by atoms with Crippen LogP contribution >= 0.6 is 0 Å². The van der Waals surface area contributed by atoms with Crippen molar-refractivity contribution in [3.63, 3.8) is 0 Å². The lowest BCUT2D eigenvalue weighted by molar-refractivity contribution is -0.137. The molecule has 7 heteroatoms. The Bertz CT molecular complexity index is 533. The van der Waals surface area contributed by atoms with Gasteiger partial charge in [0.05, 0.1) is 11.3 Å². The summed E-state index contributed by atoms with van der Waals surface area (Å²) in [6.45, 7) is 1.17. The fourth-order valence-electron chi connectivity index (χ4n) is 1.62. The maximum Gasteiger partial charge on any atom is 0.416 e. The first kappa shape index (κ1) is 15.0. The summed E-state index contributed by atoms with van der Waals surface area (Å²) in [6, 6.07) is 4.01. The zero-order chi connectivity index (χ0) is 14.2. The highest BCUT2D eigenvalue weighted by Gasteiger charge is 2.34. The number of benzene rings is 1. The molecule has 0 spiro atoms. The van der Waals surface area contributed by atoms with Gasteiger partial charge in [0.25, 0.3) is 0 Å². The second-order valence-corrected chi connectivity index (χ2v) is 6.56. The van der Waals surface area contributed by atoms with Crippen LogP contribution in [-0.4, -0.2) is 25.5 Å². The molecule has 1 N–H and O–H groups in total. The van der Waals surface area contributed by atoms with Crippen molar-refractivity contribution in [2.45, 2.75) is 18.7 Å². The lowest BCUT2D eigenvalue weighted by Gasteiger charge is -2.23.